The number of nitrogens with one attached hydrogen (secondary N) is 2. The maximum absolute atomic E-state index is 12.3. The van der Waals surface area contributed by atoms with Crippen LogP contribution >= 0.6 is 0 Å². The number of hydrogen-bond donors (Lipinski definition) is 4. The summed E-state index contributed by atoms with van der Waals surface area (Å²) in [6.07, 6.45) is 6.57. The Morgan fingerprint density at radius 2 is 1.94 bits per heavy atom. The number of ether oxygens (including phenoxy) is 1. The van der Waals surface area contributed by atoms with E-state index in [1.165, 1.54) is 0 Å². The highest BCUT2D eigenvalue weighted by molar-refractivity contribution is 5.50. The lowest BCUT2D eigenvalue weighted by Gasteiger charge is -2.29. The van der Waals surface area contributed by atoms with Crippen LogP contribution in [0.3, 0.4) is 0 Å². The monoisotopic (exact) mass is 444 g/mol. The molecule has 0 bridgehead atoms. The number of nitrogens with zero attached hydrogens (tertiary/aromatic N) is 4. The van der Waals surface area contributed by atoms with Gasteiger partial charge < -0.3 is 31.7 Å². The van der Waals surface area contributed by atoms with Crippen LogP contribution in [0.25, 0.3) is 0 Å². The molecule has 1 aliphatic rings. The molecule has 0 radical (unpaired) electrons. The van der Waals surface area contributed by atoms with Crippen LogP contribution in [0.1, 0.15) is 24.8 Å². The van der Waals surface area contributed by atoms with E-state index in [4.69, 9.17) is 16.2 Å². The van der Waals surface area contributed by atoms with Gasteiger partial charge in [-0.05, 0) is 63.1 Å². The van der Waals surface area contributed by atoms with Crippen molar-refractivity contribution in [2.24, 2.45) is 11.5 Å². The molecular weight excluding hydrogens is 408 g/mol. The first-order chi connectivity index (χ1) is 15.6. The minimum absolute atomic E-state index is 0.315. The van der Waals surface area contributed by atoms with Gasteiger partial charge in [0, 0.05) is 31.5 Å². The van der Waals surface area contributed by atoms with E-state index in [9.17, 15) is 4.79 Å². The van der Waals surface area contributed by atoms with Crippen molar-refractivity contribution in [3.8, 4) is 0 Å². The molecule has 0 atom stereocenters. The van der Waals surface area contributed by atoms with Gasteiger partial charge >= 0.3 is 5.69 Å². The van der Waals surface area contributed by atoms with E-state index in [1.807, 2.05) is 12.1 Å². The van der Waals surface area contributed by atoms with Gasteiger partial charge in [0.05, 0.1) is 19.8 Å². The van der Waals surface area contributed by atoms with E-state index in [2.05, 4.69) is 25.5 Å². The third-order valence-electron chi connectivity index (χ3n) is 5.50. The standard InChI is InChI=1S/C22H36N8O2/c23-7-1-8-25-16-18-2-3-20(26-17-18)27-21-6-11-30(22(31)28-21)13-15-32-14-12-29-9-4-19(24)5-10-29/h2-3,6,11,17,19,25H,1,4-5,7-10,12-16,23-24H2,(H,26,27,28,31). The zero-order valence-corrected chi connectivity index (χ0v) is 18.7. The van der Waals surface area contributed by atoms with Crippen LogP contribution in [0.4, 0.5) is 11.6 Å². The Hall–Kier alpha value is -2.37. The Balaban J connectivity index is 1.37. The van der Waals surface area contributed by atoms with Gasteiger partial charge in [-0.1, -0.05) is 6.07 Å². The number of likely N-dealkylation sites (tertiary alicyclic amines) is 1. The molecule has 2 aromatic rings. The summed E-state index contributed by atoms with van der Waals surface area (Å²) in [7, 11) is 0. The Bertz CT molecular complexity index is 850. The van der Waals surface area contributed by atoms with Crippen molar-refractivity contribution in [2.75, 3.05) is 51.3 Å². The van der Waals surface area contributed by atoms with Gasteiger partial charge in [0.1, 0.15) is 11.6 Å². The van der Waals surface area contributed by atoms with Gasteiger partial charge in [-0.3, -0.25) is 4.57 Å². The quantitative estimate of drug-likeness (QED) is 0.321. The summed E-state index contributed by atoms with van der Waals surface area (Å²) in [5, 5.41) is 6.39. The number of hydrogen-bond acceptors (Lipinski definition) is 9. The van der Waals surface area contributed by atoms with Crippen molar-refractivity contribution in [3.05, 3.63) is 46.6 Å². The first-order valence-electron chi connectivity index (χ1n) is 11.4. The Labute approximate surface area is 189 Å². The van der Waals surface area contributed by atoms with Crippen LogP contribution in [-0.2, 0) is 17.8 Å². The van der Waals surface area contributed by atoms with E-state index in [0.717, 1.165) is 57.5 Å². The zero-order valence-electron chi connectivity index (χ0n) is 18.7. The van der Waals surface area contributed by atoms with Gasteiger partial charge in [-0.2, -0.15) is 4.98 Å². The second-order valence-corrected chi connectivity index (χ2v) is 8.08. The summed E-state index contributed by atoms with van der Waals surface area (Å²) in [5.41, 5.74) is 12.2. The molecule has 1 aliphatic heterocycles. The molecule has 0 saturated carbocycles. The summed E-state index contributed by atoms with van der Waals surface area (Å²) < 4.78 is 7.25. The van der Waals surface area contributed by atoms with E-state index in [-0.39, 0.29) is 5.69 Å². The van der Waals surface area contributed by atoms with Crippen LogP contribution in [-0.4, -0.2) is 71.4 Å². The third kappa shape index (κ3) is 8.29. The highest BCUT2D eigenvalue weighted by Crippen LogP contribution is 2.11. The molecule has 1 fully saturated rings. The molecule has 0 amide bonds. The van der Waals surface area contributed by atoms with Crippen LogP contribution in [0.15, 0.2) is 35.4 Å². The highest BCUT2D eigenvalue weighted by atomic mass is 16.5. The van der Waals surface area contributed by atoms with Gasteiger partial charge in [-0.15, -0.1) is 0 Å². The molecule has 0 unspecified atom stereocenters. The summed E-state index contributed by atoms with van der Waals surface area (Å²) >= 11 is 0. The predicted octanol–water partition coefficient (Wildman–Crippen LogP) is 0.260. The molecule has 3 heterocycles. The smallest absolute Gasteiger partial charge is 0.349 e. The van der Waals surface area contributed by atoms with Gasteiger partial charge in [0.2, 0.25) is 0 Å². The first kappa shape index (κ1) is 24.3. The third-order valence-corrected chi connectivity index (χ3v) is 5.50. The van der Waals surface area contributed by atoms with Crippen LogP contribution < -0.4 is 27.8 Å². The molecule has 0 aromatic carbocycles. The largest absolute Gasteiger partial charge is 0.378 e. The predicted molar refractivity (Wildman–Crippen MR) is 126 cm³/mol. The SMILES string of the molecule is NCCCNCc1ccc(Nc2ccn(CCOCCN3CCC(N)CC3)c(=O)n2)nc1. The van der Waals surface area contributed by atoms with Crippen molar-refractivity contribution in [3.63, 3.8) is 0 Å². The number of nitrogens with two attached hydrogens (primary N) is 2. The molecule has 176 valence electrons. The summed E-state index contributed by atoms with van der Waals surface area (Å²) in [5.74, 6) is 1.11. The summed E-state index contributed by atoms with van der Waals surface area (Å²) in [4.78, 5) is 23.1. The van der Waals surface area contributed by atoms with Crippen LogP contribution in [0.2, 0.25) is 0 Å². The fourth-order valence-electron chi connectivity index (χ4n) is 3.50. The molecule has 0 spiro atoms. The minimum atomic E-state index is -0.315. The number of rotatable bonds is 13. The number of anilines is 2. The highest BCUT2D eigenvalue weighted by Gasteiger charge is 2.15. The molecule has 0 aliphatic carbocycles. The van der Waals surface area contributed by atoms with Crippen molar-refractivity contribution in [2.45, 2.75) is 38.4 Å². The molecule has 3 rings (SSSR count). The minimum Gasteiger partial charge on any atom is -0.378 e. The van der Waals surface area contributed by atoms with Crippen molar-refractivity contribution < 1.29 is 4.74 Å². The fraction of sp³-hybridized carbons (Fsp3) is 0.591. The van der Waals surface area contributed by atoms with Crippen LogP contribution in [0, 0.1) is 0 Å². The van der Waals surface area contributed by atoms with Crippen LogP contribution in [0.5, 0.6) is 0 Å². The zero-order chi connectivity index (χ0) is 22.6. The molecule has 10 heteroatoms. The molecule has 2 aromatic heterocycles. The van der Waals surface area contributed by atoms with Gasteiger partial charge in [0.15, 0.2) is 0 Å². The lowest BCUT2D eigenvalue weighted by Crippen LogP contribution is -2.41. The average Bonchev–Trinajstić information content (AvgIpc) is 2.80. The number of piperidine rings is 1. The molecule has 32 heavy (non-hydrogen) atoms. The van der Waals surface area contributed by atoms with E-state index < -0.39 is 0 Å². The van der Waals surface area contributed by atoms with E-state index >= 15 is 0 Å². The Morgan fingerprint density at radius 3 is 2.66 bits per heavy atom. The normalized spacial score (nSPS) is 15.2. The molecule has 10 nitrogen and oxygen atoms in total. The van der Waals surface area contributed by atoms with Gasteiger partial charge in [-0.25, -0.2) is 9.78 Å². The maximum Gasteiger partial charge on any atom is 0.349 e. The van der Waals surface area contributed by atoms with Crippen molar-refractivity contribution in [1.82, 2.24) is 24.8 Å². The molecule has 1 saturated heterocycles. The lowest BCUT2D eigenvalue weighted by atomic mass is 10.1. The van der Waals surface area contributed by atoms with Gasteiger partial charge in [0.25, 0.3) is 0 Å². The Morgan fingerprint density at radius 1 is 1.12 bits per heavy atom. The van der Waals surface area contributed by atoms with Crippen molar-refractivity contribution in [1.29, 1.82) is 0 Å². The first-order valence-corrected chi connectivity index (χ1v) is 11.4. The number of aromatic nitrogens is 3. The fourth-order valence-corrected chi connectivity index (χ4v) is 3.50. The average molecular weight is 445 g/mol. The second-order valence-electron chi connectivity index (χ2n) is 8.08. The summed E-state index contributed by atoms with van der Waals surface area (Å²) in [6.45, 7) is 6.88. The molecule has 6 N–H and O–H groups in total. The number of pyridine rings is 1. The van der Waals surface area contributed by atoms with E-state index in [1.54, 1.807) is 23.0 Å². The summed E-state index contributed by atoms with van der Waals surface area (Å²) in [6, 6.07) is 5.97. The second kappa shape index (κ2) is 13.2. The maximum atomic E-state index is 12.3. The Kier molecular flexibility index (Phi) is 10.0. The lowest BCUT2D eigenvalue weighted by molar-refractivity contribution is 0.0886. The molecular formula is C22H36N8O2. The van der Waals surface area contributed by atoms with Crippen molar-refractivity contribution >= 4 is 11.6 Å². The topological polar surface area (TPSA) is 136 Å². The van der Waals surface area contributed by atoms with E-state index in [0.29, 0.717) is 44.0 Å².